The number of hydrogen-bond donors (Lipinski definition) is 1. The van der Waals surface area contributed by atoms with E-state index in [9.17, 15) is 9.59 Å². The van der Waals surface area contributed by atoms with E-state index in [1.54, 1.807) is 11.9 Å². The van der Waals surface area contributed by atoms with Crippen molar-refractivity contribution >= 4 is 11.8 Å². The summed E-state index contributed by atoms with van der Waals surface area (Å²) in [5, 5.41) is 11.2. The van der Waals surface area contributed by atoms with Crippen LogP contribution in [0.1, 0.15) is 12.8 Å². The Kier molecular flexibility index (Phi) is 5.43. The second-order valence-electron chi connectivity index (χ2n) is 4.10. The first-order valence-corrected chi connectivity index (χ1v) is 5.73. The van der Waals surface area contributed by atoms with Crippen LogP contribution in [-0.4, -0.2) is 61.4 Å². The van der Waals surface area contributed by atoms with E-state index in [1.165, 1.54) is 0 Å². The lowest BCUT2D eigenvalue weighted by atomic mass is 10.3. The van der Waals surface area contributed by atoms with Gasteiger partial charge in [-0.15, -0.1) is 0 Å². The third-order valence-electron chi connectivity index (χ3n) is 2.74. The first-order chi connectivity index (χ1) is 8.13. The first kappa shape index (κ1) is 13.5. The molecule has 1 aliphatic heterocycles. The highest BCUT2D eigenvalue weighted by atomic mass is 16.2. The Morgan fingerprint density at radius 3 is 3.06 bits per heavy atom. The maximum Gasteiger partial charge on any atom is 0.234 e. The molecule has 0 spiro atoms. The average molecular weight is 238 g/mol. The van der Waals surface area contributed by atoms with Crippen LogP contribution in [-0.2, 0) is 9.59 Å². The molecule has 1 fully saturated rings. The van der Waals surface area contributed by atoms with Crippen molar-refractivity contribution in [3.63, 3.8) is 0 Å². The van der Waals surface area contributed by atoms with Crippen molar-refractivity contribution in [2.75, 3.05) is 39.8 Å². The lowest BCUT2D eigenvalue weighted by molar-refractivity contribution is -0.131. The highest BCUT2D eigenvalue weighted by molar-refractivity contribution is 5.79. The largest absolute Gasteiger partial charge is 0.354 e. The number of nitrogens with zero attached hydrogens (tertiary/aromatic N) is 3. The number of piperazine rings is 1. The van der Waals surface area contributed by atoms with Gasteiger partial charge in [-0.3, -0.25) is 14.5 Å². The maximum atomic E-state index is 11.7. The zero-order chi connectivity index (χ0) is 12.7. The smallest absolute Gasteiger partial charge is 0.234 e. The number of carbonyl (C=O) groups excluding carboxylic acids is 2. The summed E-state index contributed by atoms with van der Waals surface area (Å²) in [6.07, 6.45) is 0.754. The van der Waals surface area contributed by atoms with Crippen LogP contribution < -0.4 is 5.32 Å². The Morgan fingerprint density at radius 2 is 2.41 bits per heavy atom. The molecule has 2 amide bonds. The van der Waals surface area contributed by atoms with E-state index < -0.39 is 0 Å². The van der Waals surface area contributed by atoms with E-state index in [0.717, 1.165) is 6.54 Å². The summed E-state index contributed by atoms with van der Waals surface area (Å²) in [5.74, 6) is 0.0350. The molecule has 0 aromatic carbocycles. The Bertz CT molecular complexity index is 324. The molecule has 1 heterocycles. The molecule has 0 atom stereocenters. The van der Waals surface area contributed by atoms with Gasteiger partial charge in [0.05, 0.1) is 19.0 Å². The molecule has 1 aliphatic rings. The Balaban J connectivity index is 2.23. The summed E-state index contributed by atoms with van der Waals surface area (Å²) in [5.41, 5.74) is 0. The van der Waals surface area contributed by atoms with Crippen LogP contribution in [0.3, 0.4) is 0 Å². The predicted octanol–water partition coefficient (Wildman–Crippen LogP) is -0.820. The quantitative estimate of drug-likeness (QED) is 0.679. The molecule has 1 saturated heterocycles. The lowest BCUT2D eigenvalue weighted by Gasteiger charge is -2.26. The van der Waals surface area contributed by atoms with Crippen LogP contribution >= 0.6 is 0 Å². The van der Waals surface area contributed by atoms with Crippen molar-refractivity contribution in [2.45, 2.75) is 12.8 Å². The standard InChI is InChI=1S/C11H18N4O2/c1-14(6-2-4-12)11(17)3-7-15-8-5-13-10(16)9-15/h2-3,5-9H2,1H3,(H,13,16). The highest BCUT2D eigenvalue weighted by Gasteiger charge is 2.17. The van der Waals surface area contributed by atoms with Crippen molar-refractivity contribution in [1.82, 2.24) is 15.1 Å². The molecule has 0 aliphatic carbocycles. The van der Waals surface area contributed by atoms with Gasteiger partial charge >= 0.3 is 0 Å². The van der Waals surface area contributed by atoms with Crippen molar-refractivity contribution in [3.05, 3.63) is 0 Å². The maximum absolute atomic E-state index is 11.7. The van der Waals surface area contributed by atoms with Crippen LogP contribution in [0.25, 0.3) is 0 Å². The average Bonchev–Trinajstić information content (AvgIpc) is 2.33. The Morgan fingerprint density at radius 1 is 1.65 bits per heavy atom. The van der Waals surface area contributed by atoms with Gasteiger partial charge in [0.25, 0.3) is 0 Å². The molecule has 6 heteroatoms. The van der Waals surface area contributed by atoms with Crippen LogP contribution in [0.4, 0.5) is 0 Å². The second-order valence-corrected chi connectivity index (χ2v) is 4.10. The van der Waals surface area contributed by atoms with Gasteiger partial charge in [-0.05, 0) is 0 Å². The minimum atomic E-state index is 0.0153. The van der Waals surface area contributed by atoms with Gasteiger partial charge in [0.15, 0.2) is 0 Å². The molecular weight excluding hydrogens is 220 g/mol. The number of amides is 2. The van der Waals surface area contributed by atoms with Gasteiger partial charge in [-0.1, -0.05) is 0 Å². The highest BCUT2D eigenvalue weighted by Crippen LogP contribution is 1.98. The van der Waals surface area contributed by atoms with E-state index in [2.05, 4.69) is 5.32 Å². The molecular formula is C11H18N4O2. The molecule has 17 heavy (non-hydrogen) atoms. The minimum Gasteiger partial charge on any atom is -0.354 e. The predicted molar refractivity (Wildman–Crippen MR) is 61.9 cm³/mol. The molecule has 0 radical (unpaired) electrons. The summed E-state index contributed by atoms with van der Waals surface area (Å²) in [6.45, 7) is 2.88. The molecule has 0 aromatic rings. The van der Waals surface area contributed by atoms with Crippen molar-refractivity contribution in [3.8, 4) is 6.07 Å². The van der Waals surface area contributed by atoms with Gasteiger partial charge in [0.2, 0.25) is 11.8 Å². The van der Waals surface area contributed by atoms with E-state index in [-0.39, 0.29) is 11.8 Å². The first-order valence-electron chi connectivity index (χ1n) is 5.73. The summed E-state index contributed by atoms with van der Waals surface area (Å²) in [6, 6.07) is 2.01. The number of nitriles is 1. The normalized spacial score (nSPS) is 16.1. The fourth-order valence-corrected chi connectivity index (χ4v) is 1.67. The van der Waals surface area contributed by atoms with E-state index in [4.69, 9.17) is 5.26 Å². The summed E-state index contributed by atoms with van der Waals surface area (Å²) in [7, 11) is 1.70. The zero-order valence-corrected chi connectivity index (χ0v) is 10.1. The summed E-state index contributed by atoms with van der Waals surface area (Å²) in [4.78, 5) is 26.3. The molecule has 0 saturated carbocycles. The molecule has 0 unspecified atom stereocenters. The Hall–Kier alpha value is -1.61. The van der Waals surface area contributed by atoms with Crippen LogP contribution in [0.2, 0.25) is 0 Å². The SMILES string of the molecule is CN(CCC#N)C(=O)CCN1CCNC(=O)C1. The van der Waals surface area contributed by atoms with E-state index in [0.29, 0.717) is 39.0 Å². The zero-order valence-electron chi connectivity index (χ0n) is 10.1. The Labute approximate surface area is 101 Å². The molecule has 6 nitrogen and oxygen atoms in total. The fraction of sp³-hybridized carbons (Fsp3) is 0.727. The molecule has 94 valence electrons. The minimum absolute atomic E-state index is 0.0153. The number of rotatable bonds is 5. The molecule has 1 rings (SSSR count). The van der Waals surface area contributed by atoms with Gasteiger partial charge in [0.1, 0.15) is 0 Å². The number of nitrogens with one attached hydrogen (secondary N) is 1. The van der Waals surface area contributed by atoms with Crippen LogP contribution in [0.5, 0.6) is 0 Å². The van der Waals surface area contributed by atoms with E-state index >= 15 is 0 Å². The van der Waals surface area contributed by atoms with Crippen LogP contribution in [0, 0.1) is 11.3 Å². The van der Waals surface area contributed by atoms with Crippen LogP contribution in [0.15, 0.2) is 0 Å². The van der Waals surface area contributed by atoms with Crippen molar-refractivity contribution in [2.24, 2.45) is 0 Å². The third kappa shape index (κ3) is 4.83. The second kappa shape index (κ2) is 6.86. The van der Waals surface area contributed by atoms with Crippen molar-refractivity contribution < 1.29 is 9.59 Å². The topological polar surface area (TPSA) is 76.4 Å². The monoisotopic (exact) mass is 238 g/mol. The molecule has 0 bridgehead atoms. The van der Waals surface area contributed by atoms with Crippen molar-refractivity contribution in [1.29, 1.82) is 5.26 Å². The van der Waals surface area contributed by atoms with Gasteiger partial charge < -0.3 is 10.2 Å². The fourth-order valence-electron chi connectivity index (χ4n) is 1.67. The lowest BCUT2D eigenvalue weighted by Crippen LogP contribution is -2.48. The number of hydrogen-bond acceptors (Lipinski definition) is 4. The van der Waals surface area contributed by atoms with Gasteiger partial charge in [0, 0.05) is 39.6 Å². The number of carbonyl (C=O) groups is 2. The third-order valence-corrected chi connectivity index (χ3v) is 2.74. The van der Waals surface area contributed by atoms with Gasteiger partial charge in [-0.2, -0.15) is 5.26 Å². The van der Waals surface area contributed by atoms with Gasteiger partial charge in [-0.25, -0.2) is 0 Å². The summed E-state index contributed by atoms with van der Waals surface area (Å²) < 4.78 is 0. The molecule has 1 N–H and O–H groups in total. The molecule has 0 aromatic heterocycles. The van der Waals surface area contributed by atoms with E-state index in [1.807, 2.05) is 11.0 Å². The summed E-state index contributed by atoms with van der Waals surface area (Å²) >= 11 is 0.